The number of nitrogens with zero attached hydrogens (tertiary/aromatic N) is 1. The molecule has 5 nitrogen and oxygen atoms in total. The number of Topliss-reactive ketones (excluding diaryl/α,β-unsaturated/α-hetero) is 1. The molecule has 0 aliphatic carbocycles. The maximum absolute atomic E-state index is 13.0. The van der Waals surface area contributed by atoms with Gasteiger partial charge in [0.15, 0.2) is 5.78 Å². The van der Waals surface area contributed by atoms with Gasteiger partial charge in [0.05, 0.1) is 5.52 Å². The van der Waals surface area contributed by atoms with Crippen molar-refractivity contribution in [1.29, 1.82) is 0 Å². The van der Waals surface area contributed by atoms with Gasteiger partial charge in [-0.2, -0.15) is 0 Å². The Morgan fingerprint density at radius 2 is 2.00 bits per heavy atom. The molecule has 1 aliphatic heterocycles. The van der Waals surface area contributed by atoms with E-state index >= 15 is 0 Å². The van der Waals surface area contributed by atoms with Crippen molar-refractivity contribution in [3.63, 3.8) is 0 Å². The monoisotopic (exact) mass is 424 g/mol. The fourth-order valence-electron chi connectivity index (χ4n) is 3.64. The number of amides is 1. The smallest absolute Gasteiger partial charge is 0.261 e. The molecule has 0 spiro atoms. The minimum absolute atomic E-state index is 0.0868. The van der Waals surface area contributed by atoms with Crippen molar-refractivity contribution < 1.29 is 9.59 Å². The molecule has 0 saturated carbocycles. The molecule has 0 unspecified atom stereocenters. The minimum atomic E-state index is -0.480. The van der Waals surface area contributed by atoms with E-state index in [2.05, 4.69) is 28.2 Å². The fraction of sp³-hybridized carbons (Fsp3) is 0.190. The first-order valence-corrected chi connectivity index (χ1v) is 9.44. The van der Waals surface area contributed by atoms with Crippen molar-refractivity contribution in [3.05, 3.63) is 74.0 Å². The number of anilines is 1. The summed E-state index contributed by atoms with van der Waals surface area (Å²) in [5, 5.41) is 3.28. The predicted octanol–water partition coefficient (Wildman–Crippen LogP) is 4.34. The molecule has 1 atom stereocenters. The Bertz CT molecular complexity index is 1180. The summed E-state index contributed by atoms with van der Waals surface area (Å²) in [5.41, 5.74) is 2.78. The van der Waals surface area contributed by atoms with Gasteiger partial charge in [0, 0.05) is 33.3 Å². The zero-order chi connectivity index (χ0) is 19.3. The lowest BCUT2D eigenvalue weighted by Crippen LogP contribution is -2.24. The lowest BCUT2D eigenvalue weighted by molar-refractivity contribution is 0.101. The van der Waals surface area contributed by atoms with E-state index in [1.54, 1.807) is 36.5 Å². The van der Waals surface area contributed by atoms with E-state index in [0.29, 0.717) is 16.6 Å². The molecule has 0 saturated heterocycles. The van der Waals surface area contributed by atoms with Gasteiger partial charge in [-0.25, -0.2) is 0 Å². The lowest BCUT2D eigenvalue weighted by atomic mass is 10.1. The Balaban J connectivity index is 1.80. The van der Waals surface area contributed by atoms with Gasteiger partial charge < -0.3 is 9.88 Å². The van der Waals surface area contributed by atoms with E-state index in [1.165, 1.54) is 6.92 Å². The van der Waals surface area contributed by atoms with E-state index in [-0.39, 0.29) is 22.8 Å². The third-order valence-electron chi connectivity index (χ3n) is 4.93. The molecule has 2 aromatic carbocycles. The summed E-state index contributed by atoms with van der Waals surface area (Å²) in [6.45, 7) is 3.53. The number of ketones is 1. The molecule has 0 radical (unpaired) electrons. The predicted molar refractivity (Wildman–Crippen MR) is 109 cm³/mol. The molecule has 27 heavy (non-hydrogen) atoms. The second kappa shape index (κ2) is 6.46. The molecule has 3 aromatic rings. The maximum atomic E-state index is 13.0. The summed E-state index contributed by atoms with van der Waals surface area (Å²) >= 11 is 3.46. The van der Waals surface area contributed by atoms with E-state index in [4.69, 9.17) is 0 Å². The number of carbonyl (C=O) groups excluding carboxylic acids is 2. The van der Waals surface area contributed by atoms with Crippen LogP contribution in [-0.2, 0) is 6.42 Å². The molecule has 6 heteroatoms. The van der Waals surface area contributed by atoms with Crippen LogP contribution in [0.4, 0.5) is 5.69 Å². The lowest BCUT2D eigenvalue weighted by Gasteiger charge is -2.13. The molecule has 136 valence electrons. The van der Waals surface area contributed by atoms with Gasteiger partial charge >= 0.3 is 0 Å². The zero-order valence-corrected chi connectivity index (χ0v) is 16.5. The molecule has 2 heterocycles. The first kappa shape index (κ1) is 17.7. The van der Waals surface area contributed by atoms with Gasteiger partial charge in [-0.3, -0.25) is 14.4 Å². The van der Waals surface area contributed by atoms with Crippen LogP contribution in [0.5, 0.6) is 0 Å². The van der Waals surface area contributed by atoms with Crippen molar-refractivity contribution >= 4 is 44.2 Å². The summed E-state index contributed by atoms with van der Waals surface area (Å²) in [6.07, 6.45) is 2.46. The van der Waals surface area contributed by atoms with Crippen LogP contribution >= 0.6 is 15.9 Å². The summed E-state index contributed by atoms with van der Waals surface area (Å²) in [7, 11) is 0. The van der Waals surface area contributed by atoms with E-state index in [1.807, 2.05) is 10.6 Å². The van der Waals surface area contributed by atoms with Crippen LogP contribution in [0.15, 0.2) is 51.9 Å². The Kier molecular flexibility index (Phi) is 4.23. The van der Waals surface area contributed by atoms with Crippen LogP contribution in [0.25, 0.3) is 10.9 Å². The third-order valence-corrected chi connectivity index (χ3v) is 5.39. The number of hydrogen-bond donors (Lipinski definition) is 1. The number of benzene rings is 2. The Hall–Kier alpha value is -2.73. The van der Waals surface area contributed by atoms with E-state index in [9.17, 15) is 14.4 Å². The van der Waals surface area contributed by atoms with Crippen molar-refractivity contribution in [2.24, 2.45) is 0 Å². The molecule has 1 N–H and O–H groups in total. The average molecular weight is 425 g/mol. The molecule has 0 bridgehead atoms. The Labute approximate surface area is 164 Å². The standard InChI is InChI=1S/C21H17BrN2O3/c1-11-6-14-7-15(22)9-17-19(14)24(11)10-18(20(17)26)21(27)23-16-5-3-4-13(8-16)12(2)25/h3-5,7-11H,6H2,1-2H3,(H,23,27)/t11-/m0/s1. The summed E-state index contributed by atoms with van der Waals surface area (Å²) < 4.78 is 2.83. The molecule has 1 aromatic heterocycles. The average Bonchev–Trinajstić information content (AvgIpc) is 2.93. The van der Waals surface area contributed by atoms with Crippen molar-refractivity contribution in [3.8, 4) is 0 Å². The van der Waals surface area contributed by atoms with Crippen LogP contribution in [-0.4, -0.2) is 16.3 Å². The van der Waals surface area contributed by atoms with Gasteiger partial charge in [0.1, 0.15) is 5.56 Å². The number of nitrogens with one attached hydrogen (secondary N) is 1. The van der Waals surface area contributed by atoms with Crippen molar-refractivity contribution in [1.82, 2.24) is 4.57 Å². The highest BCUT2D eigenvalue weighted by atomic mass is 79.9. The number of halogens is 1. The number of rotatable bonds is 3. The first-order valence-electron chi connectivity index (χ1n) is 8.65. The van der Waals surface area contributed by atoms with Crippen LogP contribution in [0.1, 0.15) is 46.2 Å². The molecular formula is C21H17BrN2O3. The molecular weight excluding hydrogens is 408 g/mol. The van der Waals surface area contributed by atoms with Crippen molar-refractivity contribution in [2.75, 3.05) is 5.32 Å². The normalized spacial score (nSPS) is 15.1. The number of aromatic nitrogens is 1. The minimum Gasteiger partial charge on any atom is -0.343 e. The fourth-order valence-corrected chi connectivity index (χ4v) is 4.14. The van der Waals surface area contributed by atoms with Gasteiger partial charge in [-0.1, -0.05) is 28.1 Å². The summed E-state index contributed by atoms with van der Waals surface area (Å²) in [5.74, 6) is -0.566. The summed E-state index contributed by atoms with van der Waals surface area (Å²) in [4.78, 5) is 37.3. The third kappa shape index (κ3) is 3.00. The van der Waals surface area contributed by atoms with Gasteiger partial charge in [0.2, 0.25) is 5.43 Å². The zero-order valence-electron chi connectivity index (χ0n) is 14.9. The Morgan fingerprint density at radius 1 is 1.22 bits per heavy atom. The number of hydrogen-bond acceptors (Lipinski definition) is 3. The van der Waals surface area contributed by atoms with Crippen LogP contribution in [0.3, 0.4) is 0 Å². The molecule has 1 amide bonds. The topological polar surface area (TPSA) is 68.2 Å². The van der Waals surface area contributed by atoms with Gasteiger partial charge in [-0.15, -0.1) is 0 Å². The van der Waals surface area contributed by atoms with Crippen LogP contribution in [0.2, 0.25) is 0 Å². The van der Waals surface area contributed by atoms with Gasteiger partial charge in [-0.05, 0) is 50.1 Å². The largest absolute Gasteiger partial charge is 0.343 e. The first-order chi connectivity index (χ1) is 12.8. The highest BCUT2D eigenvalue weighted by Gasteiger charge is 2.25. The Morgan fingerprint density at radius 3 is 2.74 bits per heavy atom. The van der Waals surface area contributed by atoms with Gasteiger partial charge in [0.25, 0.3) is 5.91 Å². The maximum Gasteiger partial charge on any atom is 0.261 e. The van der Waals surface area contributed by atoms with Crippen LogP contribution < -0.4 is 10.7 Å². The van der Waals surface area contributed by atoms with Crippen LogP contribution in [0, 0.1) is 0 Å². The molecule has 4 rings (SSSR count). The molecule has 1 aliphatic rings. The van der Waals surface area contributed by atoms with Crippen molar-refractivity contribution in [2.45, 2.75) is 26.3 Å². The summed E-state index contributed by atoms with van der Waals surface area (Å²) in [6, 6.07) is 10.6. The quantitative estimate of drug-likeness (QED) is 0.635. The number of pyridine rings is 1. The highest BCUT2D eigenvalue weighted by molar-refractivity contribution is 9.10. The second-order valence-electron chi connectivity index (χ2n) is 6.88. The highest BCUT2D eigenvalue weighted by Crippen LogP contribution is 2.33. The van der Waals surface area contributed by atoms with E-state index in [0.717, 1.165) is 22.0 Å². The SMILES string of the molecule is CC(=O)c1cccc(NC(=O)c2cn3c4c(cc(Br)cc4c2=O)C[C@@H]3C)c1. The van der Waals surface area contributed by atoms with E-state index < -0.39 is 5.91 Å². The second-order valence-corrected chi connectivity index (χ2v) is 7.80. The number of carbonyl (C=O) groups is 2. The molecule has 0 fully saturated rings.